The number of hydrogen-bond donors (Lipinski definition) is 0. The summed E-state index contributed by atoms with van der Waals surface area (Å²) in [7, 11) is 3.34. The molecule has 0 heterocycles. The van der Waals surface area contributed by atoms with E-state index in [1.54, 1.807) is 14.2 Å². The normalized spacial score (nSPS) is 25.2. The predicted octanol–water partition coefficient (Wildman–Crippen LogP) is 2.78. The molecule has 20 heavy (non-hydrogen) atoms. The first kappa shape index (κ1) is 15.8. The summed E-state index contributed by atoms with van der Waals surface area (Å²) in [5.74, 6) is 0.853. The highest BCUT2D eigenvalue weighted by Gasteiger charge is 2.41. The van der Waals surface area contributed by atoms with Crippen molar-refractivity contribution in [1.82, 2.24) is 0 Å². The number of hydrogen-bond acceptors (Lipinski definition) is 4. The van der Waals surface area contributed by atoms with Gasteiger partial charge in [0.25, 0.3) is 0 Å². The lowest BCUT2D eigenvalue weighted by molar-refractivity contribution is -0.132. The number of alkyl halides is 1. The molecule has 3 unspecified atom stereocenters. The largest absolute Gasteiger partial charge is 0.497 e. The van der Waals surface area contributed by atoms with Crippen LogP contribution in [0.3, 0.4) is 0 Å². The lowest BCUT2D eigenvalue weighted by Crippen LogP contribution is -2.51. The van der Waals surface area contributed by atoms with Crippen molar-refractivity contribution < 1.29 is 18.9 Å². The Kier molecular flexibility index (Phi) is 6.29. The van der Waals surface area contributed by atoms with Crippen molar-refractivity contribution in [3.8, 4) is 5.75 Å². The Morgan fingerprint density at radius 2 is 2.05 bits per heavy atom. The second-order valence-corrected chi connectivity index (χ2v) is 5.96. The zero-order valence-electron chi connectivity index (χ0n) is 11.9. The quantitative estimate of drug-likeness (QED) is 0.536. The molecular formula is C15H21BrO4. The summed E-state index contributed by atoms with van der Waals surface area (Å²) >= 11 is 3.60. The zero-order chi connectivity index (χ0) is 14.4. The first-order valence-corrected chi connectivity index (χ1v) is 7.65. The van der Waals surface area contributed by atoms with Crippen LogP contribution in [0.25, 0.3) is 0 Å². The summed E-state index contributed by atoms with van der Waals surface area (Å²) in [4.78, 5) is 0.370. The predicted molar refractivity (Wildman–Crippen MR) is 80.5 cm³/mol. The monoisotopic (exact) mass is 344 g/mol. The van der Waals surface area contributed by atoms with E-state index in [2.05, 4.69) is 15.9 Å². The van der Waals surface area contributed by atoms with Crippen molar-refractivity contribution in [3.05, 3.63) is 29.8 Å². The van der Waals surface area contributed by atoms with E-state index in [1.165, 1.54) is 0 Å². The Morgan fingerprint density at radius 3 is 2.75 bits per heavy atom. The molecule has 0 radical (unpaired) electrons. The fourth-order valence-electron chi connectivity index (χ4n) is 2.13. The summed E-state index contributed by atoms with van der Waals surface area (Å²) in [6.45, 7) is 1.78. The molecule has 1 aromatic rings. The molecule has 3 atom stereocenters. The van der Waals surface area contributed by atoms with Gasteiger partial charge in [-0.3, -0.25) is 0 Å². The summed E-state index contributed by atoms with van der Waals surface area (Å²) in [6.07, 6.45) is 1.22. The molecule has 0 saturated heterocycles. The zero-order valence-corrected chi connectivity index (χ0v) is 13.5. The molecule has 0 aliphatic heterocycles. The molecule has 1 aliphatic rings. The molecule has 1 saturated carbocycles. The van der Waals surface area contributed by atoms with Gasteiger partial charge >= 0.3 is 0 Å². The van der Waals surface area contributed by atoms with Crippen LogP contribution in [0.4, 0.5) is 0 Å². The molecule has 0 spiro atoms. The third-order valence-electron chi connectivity index (χ3n) is 3.38. The third kappa shape index (κ3) is 4.19. The summed E-state index contributed by atoms with van der Waals surface area (Å²) in [5, 5.41) is 0. The Balaban J connectivity index is 1.78. The minimum atomic E-state index is 0.107. The summed E-state index contributed by atoms with van der Waals surface area (Å²) in [5.41, 5.74) is 1.11. The number of halogens is 1. The lowest BCUT2D eigenvalue weighted by atomic mass is 9.91. The number of ether oxygens (including phenoxy) is 4. The van der Waals surface area contributed by atoms with Crippen LogP contribution in [0.15, 0.2) is 24.3 Å². The van der Waals surface area contributed by atoms with Gasteiger partial charge in [0.2, 0.25) is 0 Å². The molecule has 2 rings (SSSR count). The molecule has 1 aromatic carbocycles. The van der Waals surface area contributed by atoms with E-state index >= 15 is 0 Å². The van der Waals surface area contributed by atoms with Gasteiger partial charge in [-0.1, -0.05) is 28.1 Å². The van der Waals surface area contributed by atoms with Gasteiger partial charge in [-0.05, 0) is 24.1 Å². The average Bonchev–Trinajstić information content (AvgIpc) is 2.48. The topological polar surface area (TPSA) is 36.9 Å². The number of methoxy groups -OCH3 is 2. The first-order valence-electron chi connectivity index (χ1n) is 6.73. The molecule has 1 aliphatic carbocycles. The minimum absolute atomic E-state index is 0.107. The van der Waals surface area contributed by atoms with Gasteiger partial charge in [0.1, 0.15) is 5.75 Å². The SMILES string of the molecule is COCCOC1C(Br)CC1OCc1cccc(OC)c1. The van der Waals surface area contributed by atoms with Gasteiger partial charge < -0.3 is 18.9 Å². The second kappa shape index (κ2) is 7.98. The summed E-state index contributed by atoms with van der Waals surface area (Å²) < 4.78 is 21.9. The van der Waals surface area contributed by atoms with Gasteiger partial charge in [-0.2, -0.15) is 0 Å². The Bertz CT molecular complexity index is 413. The number of rotatable bonds is 8. The van der Waals surface area contributed by atoms with Crippen molar-refractivity contribution in [2.45, 2.75) is 30.1 Å². The van der Waals surface area contributed by atoms with E-state index in [0.717, 1.165) is 17.7 Å². The summed E-state index contributed by atoms with van der Waals surface area (Å²) in [6, 6.07) is 7.93. The van der Waals surface area contributed by atoms with Crippen molar-refractivity contribution >= 4 is 15.9 Å². The van der Waals surface area contributed by atoms with Crippen LogP contribution in [0.2, 0.25) is 0 Å². The van der Waals surface area contributed by atoms with Crippen LogP contribution in [0.1, 0.15) is 12.0 Å². The molecule has 4 nitrogen and oxygen atoms in total. The van der Waals surface area contributed by atoms with Gasteiger partial charge in [0.05, 0.1) is 39.1 Å². The van der Waals surface area contributed by atoms with E-state index in [9.17, 15) is 0 Å². The minimum Gasteiger partial charge on any atom is -0.497 e. The molecule has 5 heteroatoms. The van der Waals surface area contributed by atoms with E-state index in [4.69, 9.17) is 18.9 Å². The highest BCUT2D eigenvalue weighted by atomic mass is 79.9. The van der Waals surface area contributed by atoms with Crippen LogP contribution >= 0.6 is 15.9 Å². The fourth-order valence-corrected chi connectivity index (χ4v) is 3.00. The van der Waals surface area contributed by atoms with Crippen molar-refractivity contribution in [3.63, 3.8) is 0 Å². The highest BCUT2D eigenvalue weighted by Crippen LogP contribution is 2.33. The third-order valence-corrected chi connectivity index (χ3v) is 4.27. The van der Waals surface area contributed by atoms with Crippen molar-refractivity contribution in [2.75, 3.05) is 27.4 Å². The maximum atomic E-state index is 5.93. The van der Waals surface area contributed by atoms with E-state index in [0.29, 0.717) is 24.6 Å². The van der Waals surface area contributed by atoms with E-state index in [-0.39, 0.29) is 12.2 Å². The Hall–Kier alpha value is -0.620. The van der Waals surface area contributed by atoms with E-state index < -0.39 is 0 Å². The van der Waals surface area contributed by atoms with Gasteiger partial charge in [-0.15, -0.1) is 0 Å². The van der Waals surface area contributed by atoms with Crippen LogP contribution < -0.4 is 4.74 Å². The maximum absolute atomic E-state index is 5.93. The highest BCUT2D eigenvalue weighted by molar-refractivity contribution is 9.09. The van der Waals surface area contributed by atoms with Crippen molar-refractivity contribution in [2.24, 2.45) is 0 Å². The number of benzene rings is 1. The van der Waals surface area contributed by atoms with E-state index in [1.807, 2.05) is 24.3 Å². The fraction of sp³-hybridized carbons (Fsp3) is 0.600. The first-order chi connectivity index (χ1) is 9.74. The van der Waals surface area contributed by atoms with Crippen molar-refractivity contribution in [1.29, 1.82) is 0 Å². The standard InChI is InChI=1S/C15H21BrO4/c1-17-6-7-19-15-13(16)9-14(15)20-10-11-4-3-5-12(8-11)18-2/h3-5,8,13-15H,6-7,9-10H2,1-2H3. The molecule has 1 fully saturated rings. The smallest absolute Gasteiger partial charge is 0.119 e. The van der Waals surface area contributed by atoms with Gasteiger partial charge in [0.15, 0.2) is 0 Å². The molecule has 0 bridgehead atoms. The Morgan fingerprint density at radius 1 is 1.20 bits per heavy atom. The molecule has 0 amide bonds. The lowest BCUT2D eigenvalue weighted by Gasteiger charge is -2.40. The Labute approximate surface area is 128 Å². The molecule has 0 N–H and O–H groups in total. The van der Waals surface area contributed by atoms with Crippen LogP contribution in [-0.2, 0) is 20.8 Å². The maximum Gasteiger partial charge on any atom is 0.119 e. The van der Waals surface area contributed by atoms with Gasteiger partial charge in [-0.25, -0.2) is 0 Å². The molecule has 112 valence electrons. The van der Waals surface area contributed by atoms with Crippen LogP contribution in [-0.4, -0.2) is 44.5 Å². The molecule has 0 aromatic heterocycles. The van der Waals surface area contributed by atoms with Crippen LogP contribution in [0, 0.1) is 0 Å². The second-order valence-electron chi connectivity index (χ2n) is 4.78. The van der Waals surface area contributed by atoms with Gasteiger partial charge in [0, 0.05) is 11.9 Å². The molecular weight excluding hydrogens is 324 g/mol. The van der Waals surface area contributed by atoms with Crippen LogP contribution in [0.5, 0.6) is 5.75 Å². The average molecular weight is 345 g/mol.